The summed E-state index contributed by atoms with van der Waals surface area (Å²) in [6.07, 6.45) is 3.07. The summed E-state index contributed by atoms with van der Waals surface area (Å²) in [6.45, 7) is 1.67. The average Bonchev–Trinajstić information content (AvgIpc) is 2.50. The largest absolute Gasteiger partial charge is 0.332 e. The van der Waals surface area contributed by atoms with E-state index in [1.165, 1.54) is 12.1 Å². The number of halogens is 1. The molecule has 0 spiro atoms. The quantitative estimate of drug-likeness (QED) is 0.671. The summed E-state index contributed by atoms with van der Waals surface area (Å²) in [5.41, 5.74) is 1.95. The van der Waals surface area contributed by atoms with E-state index in [0.717, 1.165) is 5.56 Å². The summed E-state index contributed by atoms with van der Waals surface area (Å²) in [7, 11) is 0. The lowest BCUT2D eigenvalue weighted by Crippen LogP contribution is -2.32. The highest BCUT2D eigenvalue weighted by atomic mass is 32.1. The van der Waals surface area contributed by atoms with E-state index in [9.17, 15) is 9.18 Å². The Kier molecular flexibility index (Phi) is 5.38. The van der Waals surface area contributed by atoms with Crippen LogP contribution < -0.4 is 10.6 Å². The first-order chi connectivity index (χ1) is 10.5. The van der Waals surface area contributed by atoms with Crippen LogP contribution in [-0.2, 0) is 4.79 Å². The zero-order valence-corrected chi connectivity index (χ0v) is 12.8. The van der Waals surface area contributed by atoms with Gasteiger partial charge in [-0.2, -0.15) is 0 Å². The van der Waals surface area contributed by atoms with Crippen molar-refractivity contribution in [2.75, 3.05) is 5.32 Å². The molecule has 0 unspecified atom stereocenters. The predicted molar refractivity (Wildman–Crippen MR) is 91.0 cm³/mol. The van der Waals surface area contributed by atoms with Crippen LogP contribution in [0.4, 0.5) is 10.1 Å². The number of carbonyl (C=O) groups is 1. The number of nitrogens with one attached hydrogen (secondary N) is 2. The third-order valence-corrected chi connectivity index (χ3v) is 3.10. The van der Waals surface area contributed by atoms with Crippen molar-refractivity contribution in [3.63, 3.8) is 0 Å². The molecule has 2 rings (SSSR count). The summed E-state index contributed by atoms with van der Waals surface area (Å²) in [5, 5.41) is 5.39. The Morgan fingerprint density at radius 1 is 1.18 bits per heavy atom. The molecule has 0 fully saturated rings. The van der Waals surface area contributed by atoms with Gasteiger partial charge in [-0.05, 0) is 48.5 Å². The van der Waals surface area contributed by atoms with Crippen molar-refractivity contribution in [3.05, 3.63) is 71.6 Å². The Bertz CT molecular complexity index is 714. The van der Waals surface area contributed by atoms with Crippen molar-refractivity contribution in [2.24, 2.45) is 0 Å². The molecule has 0 radical (unpaired) electrons. The molecule has 0 bridgehead atoms. The van der Waals surface area contributed by atoms with Crippen LogP contribution in [0.25, 0.3) is 6.08 Å². The Morgan fingerprint density at radius 2 is 1.91 bits per heavy atom. The molecule has 0 aliphatic rings. The van der Waals surface area contributed by atoms with E-state index >= 15 is 0 Å². The van der Waals surface area contributed by atoms with Gasteiger partial charge in [-0.15, -0.1) is 0 Å². The zero-order chi connectivity index (χ0) is 15.9. The summed E-state index contributed by atoms with van der Waals surface area (Å²) in [5.74, 6) is -0.683. The van der Waals surface area contributed by atoms with Gasteiger partial charge in [-0.3, -0.25) is 10.1 Å². The minimum Gasteiger partial charge on any atom is -0.332 e. The molecular formula is C17H15FN2OS. The van der Waals surface area contributed by atoms with Gasteiger partial charge in [-0.25, -0.2) is 4.39 Å². The number of aryl methyl sites for hydroxylation is 1. The summed E-state index contributed by atoms with van der Waals surface area (Å²) >= 11 is 5.02. The number of thiocarbonyl (C=S) groups is 1. The third kappa shape index (κ3) is 4.79. The van der Waals surface area contributed by atoms with Gasteiger partial charge in [-0.1, -0.05) is 36.4 Å². The van der Waals surface area contributed by atoms with Crippen LogP contribution in [-0.4, -0.2) is 11.0 Å². The monoisotopic (exact) mass is 314 g/mol. The zero-order valence-electron chi connectivity index (χ0n) is 12.0. The average molecular weight is 314 g/mol. The number of amides is 1. The first-order valence-corrected chi connectivity index (χ1v) is 7.06. The van der Waals surface area contributed by atoms with Crippen LogP contribution in [0, 0.1) is 12.7 Å². The van der Waals surface area contributed by atoms with Crippen molar-refractivity contribution in [3.8, 4) is 0 Å². The molecule has 2 aromatic rings. The van der Waals surface area contributed by atoms with E-state index in [-0.39, 0.29) is 16.8 Å². The second kappa shape index (κ2) is 7.47. The van der Waals surface area contributed by atoms with E-state index in [1.54, 1.807) is 25.1 Å². The van der Waals surface area contributed by atoms with E-state index in [2.05, 4.69) is 10.6 Å². The number of hydrogen-bond donors (Lipinski definition) is 2. The van der Waals surface area contributed by atoms with E-state index in [1.807, 2.05) is 30.3 Å². The van der Waals surface area contributed by atoms with Gasteiger partial charge in [0.25, 0.3) is 0 Å². The van der Waals surface area contributed by atoms with Gasteiger partial charge in [0, 0.05) is 11.8 Å². The molecule has 3 nitrogen and oxygen atoms in total. The molecule has 2 aromatic carbocycles. The molecule has 0 aliphatic heterocycles. The molecule has 5 heteroatoms. The SMILES string of the molecule is Cc1ccc(NC(=S)NC(=O)/C=C/c2ccccc2)cc1F. The highest BCUT2D eigenvalue weighted by Crippen LogP contribution is 2.13. The minimum absolute atomic E-state index is 0.117. The lowest BCUT2D eigenvalue weighted by atomic mass is 10.2. The number of anilines is 1. The second-order valence-electron chi connectivity index (χ2n) is 4.65. The van der Waals surface area contributed by atoms with Crippen LogP contribution in [0.15, 0.2) is 54.6 Å². The lowest BCUT2D eigenvalue weighted by Gasteiger charge is -2.08. The van der Waals surface area contributed by atoms with Crippen molar-refractivity contribution in [2.45, 2.75) is 6.92 Å². The Labute approximate surface area is 133 Å². The second-order valence-corrected chi connectivity index (χ2v) is 5.06. The van der Waals surface area contributed by atoms with Gasteiger partial charge in [0.05, 0.1) is 0 Å². The third-order valence-electron chi connectivity index (χ3n) is 2.89. The summed E-state index contributed by atoms with van der Waals surface area (Å²) in [4.78, 5) is 11.7. The number of carbonyl (C=O) groups excluding carboxylic acids is 1. The van der Waals surface area contributed by atoms with Crippen LogP contribution in [0.2, 0.25) is 0 Å². The minimum atomic E-state index is -0.353. The maximum absolute atomic E-state index is 13.4. The molecule has 0 heterocycles. The molecule has 2 N–H and O–H groups in total. The van der Waals surface area contributed by atoms with Crippen molar-refractivity contribution >= 4 is 35.0 Å². The number of rotatable bonds is 3. The topological polar surface area (TPSA) is 41.1 Å². The van der Waals surface area contributed by atoms with Gasteiger partial charge in [0.15, 0.2) is 5.11 Å². The van der Waals surface area contributed by atoms with E-state index in [4.69, 9.17) is 12.2 Å². The van der Waals surface area contributed by atoms with Crippen molar-refractivity contribution < 1.29 is 9.18 Å². The fourth-order valence-corrected chi connectivity index (χ4v) is 1.94. The van der Waals surface area contributed by atoms with E-state index in [0.29, 0.717) is 11.3 Å². The Balaban J connectivity index is 1.90. The fourth-order valence-electron chi connectivity index (χ4n) is 1.72. The first kappa shape index (κ1) is 15.9. The number of benzene rings is 2. The lowest BCUT2D eigenvalue weighted by molar-refractivity contribution is -0.115. The van der Waals surface area contributed by atoms with Crippen LogP contribution >= 0.6 is 12.2 Å². The molecule has 0 aliphatic carbocycles. The van der Waals surface area contributed by atoms with Gasteiger partial charge in [0.2, 0.25) is 5.91 Å². The maximum Gasteiger partial charge on any atom is 0.250 e. The normalized spacial score (nSPS) is 10.5. The standard InChI is InChI=1S/C17H15FN2OS/c1-12-7-9-14(11-15(12)18)19-17(22)20-16(21)10-8-13-5-3-2-4-6-13/h2-11H,1H3,(H2,19,20,21,22)/b10-8+. The predicted octanol–water partition coefficient (Wildman–Crippen LogP) is 3.66. The molecule has 22 heavy (non-hydrogen) atoms. The Morgan fingerprint density at radius 3 is 2.59 bits per heavy atom. The van der Waals surface area contributed by atoms with Crippen molar-refractivity contribution in [1.82, 2.24) is 5.32 Å². The summed E-state index contributed by atoms with van der Waals surface area (Å²) in [6, 6.07) is 14.1. The molecule has 0 aromatic heterocycles. The van der Waals surface area contributed by atoms with E-state index < -0.39 is 0 Å². The highest BCUT2D eigenvalue weighted by Gasteiger charge is 2.03. The maximum atomic E-state index is 13.4. The van der Waals surface area contributed by atoms with Gasteiger partial charge in [0.1, 0.15) is 5.82 Å². The van der Waals surface area contributed by atoms with Crippen LogP contribution in [0.1, 0.15) is 11.1 Å². The molecule has 0 saturated heterocycles. The van der Waals surface area contributed by atoms with Crippen molar-refractivity contribution in [1.29, 1.82) is 0 Å². The first-order valence-electron chi connectivity index (χ1n) is 6.66. The molecule has 0 atom stereocenters. The summed E-state index contributed by atoms with van der Waals surface area (Å²) < 4.78 is 13.4. The molecule has 0 saturated carbocycles. The highest BCUT2D eigenvalue weighted by molar-refractivity contribution is 7.80. The molecular weight excluding hydrogens is 299 g/mol. The van der Waals surface area contributed by atoms with Gasteiger partial charge >= 0.3 is 0 Å². The molecule has 112 valence electrons. The van der Waals surface area contributed by atoms with Crippen LogP contribution in [0.5, 0.6) is 0 Å². The Hall–Kier alpha value is -2.53. The number of hydrogen-bond acceptors (Lipinski definition) is 2. The van der Waals surface area contributed by atoms with Gasteiger partial charge < -0.3 is 5.32 Å². The fraction of sp³-hybridized carbons (Fsp3) is 0.0588. The van der Waals surface area contributed by atoms with Crippen LogP contribution in [0.3, 0.4) is 0 Å². The smallest absolute Gasteiger partial charge is 0.250 e. The molecule has 1 amide bonds.